The topological polar surface area (TPSA) is 65.5 Å². The first-order valence-electron chi connectivity index (χ1n) is 8.68. The summed E-state index contributed by atoms with van der Waals surface area (Å²) in [6.07, 6.45) is 5.04. The number of amides is 1. The van der Waals surface area contributed by atoms with Crippen molar-refractivity contribution >= 4 is 11.7 Å². The Morgan fingerprint density at radius 1 is 1.04 bits per heavy atom. The molecule has 2 aliphatic rings. The molecule has 4 rings (SSSR count). The summed E-state index contributed by atoms with van der Waals surface area (Å²) in [5, 5.41) is 0. The number of pyridine rings is 1. The molecule has 0 aliphatic carbocycles. The molecule has 2 fully saturated rings. The van der Waals surface area contributed by atoms with Crippen LogP contribution in [0, 0.1) is 6.92 Å². The number of carbonyl (C=O) groups is 1. The average Bonchev–Trinajstić information content (AvgIpc) is 2.62. The SMILES string of the molecule is Cc1cnc(C(=O)N2CC(N3CCN(c4ccccn4)CC3)C2)cn1. The predicted molar refractivity (Wildman–Crippen MR) is 94.5 cm³/mol. The van der Waals surface area contributed by atoms with Crippen molar-refractivity contribution in [3.63, 3.8) is 0 Å². The Balaban J connectivity index is 1.27. The van der Waals surface area contributed by atoms with Crippen molar-refractivity contribution in [2.75, 3.05) is 44.2 Å². The van der Waals surface area contributed by atoms with E-state index in [0.29, 0.717) is 11.7 Å². The summed E-state index contributed by atoms with van der Waals surface area (Å²) in [6, 6.07) is 6.48. The number of nitrogens with zero attached hydrogens (tertiary/aromatic N) is 6. The highest BCUT2D eigenvalue weighted by Gasteiger charge is 2.36. The van der Waals surface area contributed by atoms with Gasteiger partial charge in [-0.2, -0.15) is 0 Å². The first-order chi connectivity index (χ1) is 12.2. The molecule has 2 saturated heterocycles. The Hall–Kier alpha value is -2.54. The Bertz CT molecular complexity index is 721. The molecule has 25 heavy (non-hydrogen) atoms. The van der Waals surface area contributed by atoms with Crippen molar-refractivity contribution in [1.82, 2.24) is 24.8 Å². The number of rotatable bonds is 3. The zero-order chi connectivity index (χ0) is 17.2. The number of likely N-dealkylation sites (tertiary alicyclic amines) is 1. The molecule has 0 bridgehead atoms. The first-order valence-corrected chi connectivity index (χ1v) is 8.68. The third-order valence-electron chi connectivity index (χ3n) is 4.95. The van der Waals surface area contributed by atoms with Gasteiger partial charge >= 0.3 is 0 Å². The van der Waals surface area contributed by atoms with Crippen molar-refractivity contribution in [1.29, 1.82) is 0 Å². The van der Waals surface area contributed by atoms with Gasteiger partial charge in [0, 0.05) is 57.7 Å². The third kappa shape index (κ3) is 3.32. The van der Waals surface area contributed by atoms with Gasteiger partial charge in [-0.05, 0) is 19.1 Å². The monoisotopic (exact) mass is 338 g/mol. The molecule has 0 N–H and O–H groups in total. The van der Waals surface area contributed by atoms with E-state index in [1.54, 1.807) is 12.4 Å². The van der Waals surface area contributed by atoms with E-state index in [1.807, 2.05) is 30.2 Å². The van der Waals surface area contributed by atoms with Gasteiger partial charge < -0.3 is 9.80 Å². The van der Waals surface area contributed by atoms with Crippen molar-refractivity contribution in [2.45, 2.75) is 13.0 Å². The van der Waals surface area contributed by atoms with Gasteiger partial charge in [-0.15, -0.1) is 0 Å². The van der Waals surface area contributed by atoms with Crippen LogP contribution < -0.4 is 4.90 Å². The molecule has 0 spiro atoms. The fourth-order valence-corrected chi connectivity index (χ4v) is 3.37. The smallest absolute Gasteiger partial charge is 0.274 e. The maximum Gasteiger partial charge on any atom is 0.274 e. The first kappa shape index (κ1) is 16.0. The quantitative estimate of drug-likeness (QED) is 0.826. The molecule has 0 radical (unpaired) electrons. The summed E-state index contributed by atoms with van der Waals surface area (Å²) in [7, 11) is 0. The molecule has 2 aromatic rings. The van der Waals surface area contributed by atoms with E-state index in [4.69, 9.17) is 0 Å². The third-order valence-corrected chi connectivity index (χ3v) is 4.95. The van der Waals surface area contributed by atoms with Crippen LogP contribution in [0.1, 0.15) is 16.2 Å². The minimum atomic E-state index is -0.0177. The Labute approximate surface area is 147 Å². The Morgan fingerprint density at radius 3 is 2.48 bits per heavy atom. The van der Waals surface area contributed by atoms with E-state index in [0.717, 1.165) is 50.8 Å². The zero-order valence-corrected chi connectivity index (χ0v) is 14.4. The second-order valence-electron chi connectivity index (χ2n) is 6.62. The maximum atomic E-state index is 12.4. The summed E-state index contributed by atoms with van der Waals surface area (Å²) < 4.78 is 0. The van der Waals surface area contributed by atoms with Crippen LogP contribution in [0.15, 0.2) is 36.8 Å². The molecule has 2 aliphatic heterocycles. The molecule has 2 aromatic heterocycles. The number of anilines is 1. The van der Waals surface area contributed by atoms with Gasteiger partial charge in [0.1, 0.15) is 11.5 Å². The van der Waals surface area contributed by atoms with Crippen LogP contribution in [0.25, 0.3) is 0 Å². The van der Waals surface area contributed by atoms with E-state index in [-0.39, 0.29) is 5.91 Å². The molecule has 0 unspecified atom stereocenters. The highest BCUT2D eigenvalue weighted by atomic mass is 16.2. The minimum absolute atomic E-state index is 0.0177. The van der Waals surface area contributed by atoms with E-state index < -0.39 is 0 Å². The molecular formula is C18H22N6O. The lowest BCUT2D eigenvalue weighted by Gasteiger charge is -2.48. The van der Waals surface area contributed by atoms with Crippen molar-refractivity contribution < 1.29 is 4.79 Å². The van der Waals surface area contributed by atoms with Crippen molar-refractivity contribution in [3.05, 3.63) is 48.2 Å². The standard InChI is InChI=1S/C18H22N6O/c1-14-10-21-16(11-20-14)18(25)24-12-15(13-24)22-6-8-23(9-7-22)17-4-2-3-5-19-17/h2-5,10-11,15H,6-9,12-13H2,1H3. The molecule has 7 heteroatoms. The average molecular weight is 338 g/mol. The maximum absolute atomic E-state index is 12.4. The van der Waals surface area contributed by atoms with Crippen molar-refractivity contribution in [2.24, 2.45) is 0 Å². The number of carbonyl (C=O) groups excluding carboxylic acids is 1. The molecular weight excluding hydrogens is 316 g/mol. The van der Waals surface area contributed by atoms with Crippen LogP contribution in [-0.2, 0) is 0 Å². The van der Waals surface area contributed by atoms with Crippen LogP contribution in [-0.4, -0.2) is 76.0 Å². The summed E-state index contributed by atoms with van der Waals surface area (Å²) in [5.74, 6) is 1.03. The van der Waals surface area contributed by atoms with Gasteiger partial charge in [0.05, 0.1) is 11.9 Å². The van der Waals surface area contributed by atoms with Gasteiger partial charge in [0.25, 0.3) is 5.91 Å². The van der Waals surface area contributed by atoms with Gasteiger partial charge in [-0.25, -0.2) is 9.97 Å². The fraction of sp³-hybridized carbons (Fsp3) is 0.444. The second kappa shape index (κ2) is 6.76. The fourth-order valence-electron chi connectivity index (χ4n) is 3.37. The summed E-state index contributed by atoms with van der Waals surface area (Å²) in [4.78, 5) is 31.8. The highest BCUT2D eigenvalue weighted by Crippen LogP contribution is 2.20. The second-order valence-corrected chi connectivity index (χ2v) is 6.62. The van der Waals surface area contributed by atoms with Crippen LogP contribution in [0.5, 0.6) is 0 Å². The lowest BCUT2D eigenvalue weighted by atomic mass is 10.1. The van der Waals surface area contributed by atoms with E-state index in [1.165, 1.54) is 0 Å². The van der Waals surface area contributed by atoms with E-state index in [2.05, 4.69) is 30.8 Å². The predicted octanol–water partition coefficient (Wildman–Crippen LogP) is 0.827. The van der Waals surface area contributed by atoms with E-state index >= 15 is 0 Å². The van der Waals surface area contributed by atoms with Gasteiger partial charge in [0.15, 0.2) is 0 Å². The van der Waals surface area contributed by atoms with Crippen LogP contribution >= 0.6 is 0 Å². The summed E-state index contributed by atoms with van der Waals surface area (Å²) in [6.45, 7) is 7.39. The number of aromatic nitrogens is 3. The lowest BCUT2D eigenvalue weighted by molar-refractivity contribution is 0.0241. The van der Waals surface area contributed by atoms with Gasteiger partial charge in [-0.3, -0.25) is 14.7 Å². The molecule has 0 saturated carbocycles. The molecule has 0 aromatic carbocycles. The zero-order valence-electron chi connectivity index (χ0n) is 14.4. The number of piperazine rings is 1. The normalized spacial score (nSPS) is 18.9. The largest absolute Gasteiger partial charge is 0.354 e. The molecule has 4 heterocycles. The number of hydrogen-bond acceptors (Lipinski definition) is 6. The summed E-state index contributed by atoms with van der Waals surface area (Å²) in [5.41, 5.74) is 1.26. The highest BCUT2D eigenvalue weighted by molar-refractivity contribution is 5.92. The van der Waals surface area contributed by atoms with Crippen LogP contribution in [0.4, 0.5) is 5.82 Å². The van der Waals surface area contributed by atoms with Gasteiger partial charge in [0.2, 0.25) is 0 Å². The Morgan fingerprint density at radius 2 is 1.84 bits per heavy atom. The number of hydrogen-bond donors (Lipinski definition) is 0. The lowest BCUT2D eigenvalue weighted by Crippen LogP contribution is -2.64. The molecule has 0 atom stereocenters. The van der Waals surface area contributed by atoms with E-state index in [9.17, 15) is 4.79 Å². The molecule has 7 nitrogen and oxygen atoms in total. The molecule has 130 valence electrons. The Kier molecular flexibility index (Phi) is 4.31. The van der Waals surface area contributed by atoms with Crippen LogP contribution in [0.2, 0.25) is 0 Å². The van der Waals surface area contributed by atoms with Crippen LogP contribution in [0.3, 0.4) is 0 Å². The minimum Gasteiger partial charge on any atom is -0.354 e. The summed E-state index contributed by atoms with van der Waals surface area (Å²) >= 11 is 0. The van der Waals surface area contributed by atoms with Gasteiger partial charge in [-0.1, -0.05) is 6.07 Å². The number of aryl methyl sites for hydroxylation is 1. The molecule has 1 amide bonds. The van der Waals surface area contributed by atoms with Crippen molar-refractivity contribution in [3.8, 4) is 0 Å².